The topological polar surface area (TPSA) is 56.5 Å². The number of hydrogen-bond donors (Lipinski definition) is 2. The van der Waals surface area contributed by atoms with E-state index in [9.17, 15) is 4.39 Å². The number of halogens is 1. The van der Waals surface area contributed by atoms with Crippen LogP contribution in [0.3, 0.4) is 0 Å². The molecule has 1 aromatic carbocycles. The fourth-order valence-electron chi connectivity index (χ4n) is 2.42. The summed E-state index contributed by atoms with van der Waals surface area (Å²) in [6.07, 6.45) is 2.04. The molecule has 18 heavy (non-hydrogen) atoms. The van der Waals surface area contributed by atoms with Crippen molar-refractivity contribution in [3.05, 3.63) is 29.6 Å². The van der Waals surface area contributed by atoms with Gasteiger partial charge in [-0.25, -0.2) is 4.39 Å². The number of nitrogens with two attached hydrogens (primary N) is 1. The highest BCUT2D eigenvalue weighted by atomic mass is 19.1. The fourth-order valence-corrected chi connectivity index (χ4v) is 2.42. The second-order valence-corrected chi connectivity index (χ2v) is 4.59. The minimum absolute atomic E-state index is 0.0549. The molecule has 0 saturated carbocycles. The van der Waals surface area contributed by atoms with Gasteiger partial charge in [-0.2, -0.15) is 0 Å². The molecule has 100 valence electrons. The highest BCUT2D eigenvalue weighted by Gasteiger charge is 2.31. The van der Waals surface area contributed by atoms with Gasteiger partial charge >= 0.3 is 0 Å². The summed E-state index contributed by atoms with van der Waals surface area (Å²) in [6.45, 7) is 2.02. The fraction of sp³-hybridized carbons (Fsp3) is 0.538. The van der Waals surface area contributed by atoms with Gasteiger partial charge in [-0.1, -0.05) is 0 Å². The van der Waals surface area contributed by atoms with Crippen molar-refractivity contribution in [2.75, 3.05) is 7.11 Å². The van der Waals surface area contributed by atoms with E-state index in [1.807, 2.05) is 6.92 Å². The summed E-state index contributed by atoms with van der Waals surface area (Å²) in [5.41, 5.74) is 3.40. The molecule has 4 nitrogen and oxygen atoms in total. The maximum atomic E-state index is 13.4. The average molecular weight is 254 g/mol. The van der Waals surface area contributed by atoms with E-state index in [1.54, 1.807) is 13.2 Å². The van der Waals surface area contributed by atoms with Crippen LogP contribution in [0.25, 0.3) is 0 Å². The second-order valence-electron chi connectivity index (χ2n) is 4.59. The lowest BCUT2D eigenvalue weighted by atomic mass is 9.98. The summed E-state index contributed by atoms with van der Waals surface area (Å²) in [5.74, 6) is 5.90. The van der Waals surface area contributed by atoms with Gasteiger partial charge in [0.25, 0.3) is 0 Å². The van der Waals surface area contributed by atoms with Gasteiger partial charge < -0.3 is 9.47 Å². The molecule has 0 bridgehead atoms. The molecule has 1 aromatic rings. The lowest BCUT2D eigenvalue weighted by molar-refractivity contribution is 0.0310. The third kappa shape index (κ3) is 2.63. The molecule has 5 heteroatoms. The molecule has 0 aromatic heterocycles. The molecule has 3 atom stereocenters. The molecular weight excluding hydrogens is 235 g/mol. The summed E-state index contributed by atoms with van der Waals surface area (Å²) in [4.78, 5) is 0. The van der Waals surface area contributed by atoms with E-state index in [0.29, 0.717) is 11.3 Å². The molecule has 3 N–H and O–H groups in total. The number of methoxy groups -OCH3 is 1. The van der Waals surface area contributed by atoms with Crippen LogP contribution in [0, 0.1) is 5.82 Å². The highest BCUT2D eigenvalue weighted by Crippen LogP contribution is 2.34. The Balaban J connectivity index is 2.29. The molecule has 0 radical (unpaired) electrons. The Hall–Kier alpha value is -1.17. The van der Waals surface area contributed by atoms with Crippen molar-refractivity contribution in [3.8, 4) is 5.75 Å². The molecular formula is C13H19FN2O2. The molecule has 1 fully saturated rings. The van der Waals surface area contributed by atoms with E-state index in [2.05, 4.69) is 5.43 Å². The van der Waals surface area contributed by atoms with Gasteiger partial charge in [0, 0.05) is 5.56 Å². The zero-order valence-corrected chi connectivity index (χ0v) is 10.7. The van der Waals surface area contributed by atoms with Crippen LogP contribution in [0.2, 0.25) is 0 Å². The van der Waals surface area contributed by atoms with Gasteiger partial charge in [0.1, 0.15) is 11.6 Å². The van der Waals surface area contributed by atoms with Gasteiger partial charge in [-0.15, -0.1) is 0 Å². The van der Waals surface area contributed by atoms with Crippen LogP contribution in [-0.4, -0.2) is 19.3 Å². The van der Waals surface area contributed by atoms with Gasteiger partial charge in [-0.3, -0.25) is 11.3 Å². The van der Waals surface area contributed by atoms with Crippen LogP contribution in [0.5, 0.6) is 5.75 Å². The third-order valence-corrected chi connectivity index (χ3v) is 3.34. The maximum Gasteiger partial charge on any atom is 0.123 e. The number of nitrogens with one attached hydrogen (secondary N) is 1. The number of hydrogen-bond acceptors (Lipinski definition) is 4. The van der Waals surface area contributed by atoms with Crippen LogP contribution >= 0.6 is 0 Å². The largest absolute Gasteiger partial charge is 0.496 e. The Kier molecular flexibility index (Phi) is 4.16. The van der Waals surface area contributed by atoms with Gasteiger partial charge in [-0.05, 0) is 38.0 Å². The van der Waals surface area contributed by atoms with Crippen LogP contribution in [0.15, 0.2) is 18.2 Å². The zero-order valence-electron chi connectivity index (χ0n) is 10.7. The van der Waals surface area contributed by atoms with Crippen molar-refractivity contribution in [3.63, 3.8) is 0 Å². The van der Waals surface area contributed by atoms with E-state index < -0.39 is 0 Å². The van der Waals surface area contributed by atoms with E-state index in [1.165, 1.54) is 12.1 Å². The summed E-state index contributed by atoms with van der Waals surface area (Å²) in [5, 5.41) is 0. The minimum Gasteiger partial charge on any atom is -0.496 e. The monoisotopic (exact) mass is 254 g/mol. The molecule has 1 aliphatic heterocycles. The Morgan fingerprint density at radius 3 is 2.83 bits per heavy atom. The van der Waals surface area contributed by atoms with Gasteiger partial charge in [0.15, 0.2) is 0 Å². The lowest BCUT2D eigenvalue weighted by Crippen LogP contribution is -2.37. The Bertz CT molecular complexity index is 414. The first kappa shape index (κ1) is 13.3. The van der Waals surface area contributed by atoms with Crippen LogP contribution < -0.4 is 16.0 Å². The third-order valence-electron chi connectivity index (χ3n) is 3.34. The van der Waals surface area contributed by atoms with Crippen LogP contribution in [0.4, 0.5) is 4.39 Å². The standard InChI is InChI=1S/C13H19FN2O2/c1-8-3-5-12(18-8)13(16-15)10-7-9(14)4-6-11(10)17-2/h4,6-8,12-13,16H,3,5,15H2,1-2H3. The quantitative estimate of drug-likeness (QED) is 0.636. The molecule has 1 saturated heterocycles. The molecule has 1 heterocycles. The van der Waals surface area contributed by atoms with Gasteiger partial charge in [0.2, 0.25) is 0 Å². The molecule has 0 spiro atoms. The Morgan fingerprint density at radius 1 is 1.50 bits per heavy atom. The van der Waals surface area contributed by atoms with E-state index in [0.717, 1.165) is 12.8 Å². The first-order valence-electron chi connectivity index (χ1n) is 6.10. The number of hydrazine groups is 1. The van der Waals surface area contributed by atoms with Gasteiger partial charge in [0.05, 0.1) is 25.4 Å². The van der Waals surface area contributed by atoms with Crippen molar-refractivity contribution in [1.82, 2.24) is 5.43 Å². The summed E-state index contributed by atoms with van der Waals surface area (Å²) >= 11 is 0. The van der Waals surface area contributed by atoms with Crippen LogP contribution in [0.1, 0.15) is 31.4 Å². The summed E-state index contributed by atoms with van der Waals surface area (Å²) in [7, 11) is 1.56. The predicted molar refractivity (Wildman–Crippen MR) is 66.6 cm³/mol. The van der Waals surface area contributed by atoms with Crippen molar-refractivity contribution in [2.24, 2.45) is 5.84 Å². The minimum atomic E-state index is -0.308. The second kappa shape index (κ2) is 5.65. The first-order chi connectivity index (χ1) is 8.65. The Labute approximate surface area is 106 Å². The first-order valence-corrected chi connectivity index (χ1v) is 6.10. The maximum absolute atomic E-state index is 13.4. The highest BCUT2D eigenvalue weighted by molar-refractivity contribution is 5.37. The van der Waals surface area contributed by atoms with E-state index in [4.69, 9.17) is 15.3 Å². The molecule has 1 aliphatic rings. The smallest absolute Gasteiger partial charge is 0.123 e. The number of ether oxygens (including phenoxy) is 2. The SMILES string of the molecule is COc1ccc(F)cc1C(NN)C1CCC(C)O1. The molecule has 2 rings (SSSR count). The van der Waals surface area contributed by atoms with Crippen molar-refractivity contribution in [1.29, 1.82) is 0 Å². The normalized spacial score (nSPS) is 25.1. The van der Waals surface area contributed by atoms with Crippen molar-refractivity contribution >= 4 is 0 Å². The lowest BCUT2D eigenvalue weighted by Gasteiger charge is -2.24. The van der Waals surface area contributed by atoms with E-state index in [-0.39, 0.29) is 24.1 Å². The van der Waals surface area contributed by atoms with Crippen molar-refractivity contribution < 1.29 is 13.9 Å². The summed E-state index contributed by atoms with van der Waals surface area (Å²) < 4.78 is 24.4. The molecule has 0 aliphatic carbocycles. The molecule has 3 unspecified atom stereocenters. The van der Waals surface area contributed by atoms with Crippen molar-refractivity contribution in [2.45, 2.75) is 38.0 Å². The zero-order chi connectivity index (χ0) is 13.1. The van der Waals surface area contributed by atoms with E-state index >= 15 is 0 Å². The molecule has 0 amide bonds. The summed E-state index contributed by atoms with van der Waals surface area (Å²) in [6, 6.07) is 4.15. The predicted octanol–water partition coefficient (Wildman–Crippen LogP) is 1.91. The average Bonchev–Trinajstić information content (AvgIpc) is 2.77. The number of rotatable bonds is 4. The number of benzene rings is 1. The Morgan fingerprint density at radius 2 is 2.28 bits per heavy atom. The van der Waals surface area contributed by atoms with Crippen LogP contribution in [-0.2, 0) is 4.74 Å².